The summed E-state index contributed by atoms with van der Waals surface area (Å²) >= 11 is 1.53. The summed E-state index contributed by atoms with van der Waals surface area (Å²) in [5, 5.41) is 2.93. The topological polar surface area (TPSA) is 101 Å². The maximum absolute atomic E-state index is 12.5. The van der Waals surface area contributed by atoms with Gasteiger partial charge in [-0.1, -0.05) is 18.7 Å². The Labute approximate surface area is 206 Å². The fraction of sp³-hybridized carbons (Fsp3) is 0.200. The highest BCUT2D eigenvalue weighted by Gasteiger charge is 2.18. The van der Waals surface area contributed by atoms with Crippen molar-refractivity contribution in [2.75, 3.05) is 20.4 Å². The predicted molar refractivity (Wildman–Crippen MR) is 141 cm³/mol. The van der Waals surface area contributed by atoms with Gasteiger partial charge in [-0.3, -0.25) is 14.3 Å². The summed E-state index contributed by atoms with van der Waals surface area (Å²) in [4.78, 5) is 26.3. The lowest BCUT2D eigenvalue weighted by atomic mass is 9.96. The SMILES string of the molecule is C=C(C)c1cc(-n2ccc(=O)[nH]c2=O)cc(-c2ccc3c(CN(C)S(C)(=O)=O)csc3c2)c1OC. The van der Waals surface area contributed by atoms with Crippen LogP contribution < -0.4 is 16.0 Å². The van der Waals surface area contributed by atoms with Gasteiger partial charge in [0, 0.05) is 41.7 Å². The summed E-state index contributed by atoms with van der Waals surface area (Å²) in [6.45, 7) is 6.20. The molecule has 0 saturated heterocycles. The Bertz CT molecular complexity index is 1680. The third-order valence-corrected chi connectivity index (χ3v) is 8.02. The molecule has 35 heavy (non-hydrogen) atoms. The number of ether oxygens (including phenoxy) is 1. The van der Waals surface area contributed by atoms with Gasteiger partial charge >= 0.3 is 5.69 Å². The number of hydrogen-bond donors (Lipinski definition) is 1. The zero-order chi connectivity index (χ0) is 25.5. The zero-order valence-corrected chi connectivity index (χ0v) is 21.4. The highest BCUT2D eigenvalue weighted by molar-refractivity contribution is 7.88. The molecule has 0 spiro atoms. The number of sulfonamides is 1. The molecule has 1 N–H and O–H groups in total. The van der Waals surface area contributed by atoms with Gasteiger partial charge in [-0.05, 0) is 52.6 Å². The number of H-pyrrole nitrogens is 1. The second kappa shape index (κ2) is 9.29. The first kappa shape index (κ1) is 24.6. The molecule has 4 aromatic rings. The molecule has 2 aromatic heterocycles. The fourth-order valence-corrected chi connectivity index (χ4v) is 5.22. The van der Waals surface area contributed by atoms with Gasteiger partial charge < -0.3 is 4.74 Å². The predicted octanol–water partition coefficient (Wildman–Crippen LogP) is 3.84. The van der Waals surface area contributed by atoms with E-state index in [4.69, 9.17) is 4.74 Å². The van der Waals surface area contributed by atoms with E-state index in [-0.39, 0.29) is 6.54 Å². The van der Waals surface area contributed by atoms with Crippen LogP contribution in [-0.4, -0.2) is 42.7 Å². The first-order valence-electron chi connectivity index (χ1n) is 10.6. The molecule has 0 fully saturated rings. The molecule has 2 heterocycles. The molecular weight excluding hydrogens is 486 g/mol. The molecule has 0 aliphatic heterocycles. The molecule has 0 aliphatic rings. The second-order valence-corrected chi connectivity index (χ2v) is 11.3. The van der Waals surface area contributed by atoms with Gasteiger partial charge in [-0.15, -0.1) is 11.3 Å². The molecule has 182 valence electrons. The van der Waals surface area contributed by atoms with E-state index in [1.54, 1.807) is 20.2 Å². The summed E-state index contributed by atoms with van der Waals surface area (Å²) < 4.78 is 33.1. The first-order valence-corrected chi connectivity index (χ1v) is 13.3. The van der Waals surface area contributed by atoms with Crippen LogP contribution in [0.5, 0.6) is 5.75 Å². The molecule has 0 bridgehead atoms. The minimum absolute atomic E-state index is 0.284. The number of nitrogens with zero attached hydrogens (tertiary/aromatic N) is 2. The first-order chi connectivity index (χ1) is 16.5. The normalized spacial score (nSPS) is 11.8. The van der Waals surface area contributed by atoms with Gasteiger partial charge in [-0.2, -0.15) is 0 Å². The number of thiophene rings is 1. The van der Waals surface area contributed by atoms with E-state index in [2.05, 4.69) is 11.6 Å². The smallest absolute Gasteiger partial charge is 0.332 e. The van der Waals surface area contributed by atoms with Crippen molar-refractivity contribution in [3.63, 3.8) is 0 Å². The van der Waals surface area contributed by atoms with Crippen LogP contribution in [0.15, 0.2) is 64.1 Å². The van der Waals surface area contributed by atoms with Crippen LogP contribution in [0.4, 0.5) is 0 Å². The van der Waals surface area contributed by atoms with Crippen molar-refractivity contribution in [2.24, 2.45) is 0 Å². The van der Waals surface area contributed by atoms with Crippen molar-refractivity contribution in [3.8, 4) is 22.6 Å². The molecule has 2 aromatic carbocycles. The Morgan fingerprint density at radius 3 is 2.57 bits per heavy atom. The van der Waals surface area contributed by atoms with Crippen LogP contribution in [-0.2, 0) is 16.6 Å². The highest BCUT2D eigenvalue weighted by Crippen LogP contribution is 2.40. The molecule has 0 unspecified atom stereocenters. The van der Waals surface area contributed by atoms with Gasteiger partial charge in [0.15, 0.2) is 0 Å². The van der Waals surface area contributed by atoms with Crippen LogP contribution >= 0.6 is 11.3 Å². The number of nitrogens with one attached hydrogen (secondary N) is 1. The van der Waals surface area contributed by atoms with Gasteiger partial charge in [0.2, 0.25) is 10.0 Å². The van der Waals surface area contributed by atoms with Gasteiger partial charge in [0.25, 0.3) is 5.56 Å². The van der Waals surface area contributed by atoms with E-state index in [9.17, 15) is 18.0 Å². The highest BCUT2D eigenvalue weighted by atomic mass is 32.2. The van der Waals surface area contributed by atoms with E-state index in [0.29, 0.717) is 11.4 Å². The molecule has 0 aliphatic carbocycles. The molecular formula is C25H25N3O5S2. The number of hydrogen-bond acceptors (Lipinski definition) is 6. The number of fused-ring (bicyclic) bond motifs is 1. The van der Waals surface area contributed by atoms with Gasteiger partial charge in [0.1, 0.15) is 5.75 Å². The number of methoxy groups -OCH3 is 1. The van der Waals surface area contributed by atoms with E-state index in [0.717, 1.165) is 37.9 Å². The summed E-state index contributed by atoms with van der Waals surface area (Å²) in [5.74, 6) is 0.617. The van der Waals surface area contributed by atoms with Crippen molar-refractivity contribution in [1.29, 1.82) is 0 Å². The van der Waals surface area contributed by atoms with Crippen LogP contribution in [0, 0.1) is 0 Å². The van der Waals surface area contributed by atoms with E-state index < -0.39 is 21.3 Å². The van der Waals surface area contributed by atoms with Crippen molar-refractivity contribution in [3.05, 3.63) is 86.5 Å². The Kier molecular flexibility index (Phi) is 6.54. The molecule has 10 heteroatoms. The third-order valence-electron chi connectivity index (χ3n) is 5.77. The molecule has 0 radical (unpaired) electrons. The molecule has 0 atom stereocenters. The summed E-state index contributed by atoms with van der Waals surface area (Å²) in [6.07, 6.45) is 2.62. The molecule has 0 saturated carbocycles. The number of aromatic amines is 1. The van der Waals surface area contributed by atoms with E-state index in [1.807, 2.05) is 36.6 Å². The molecule has 0 amide bonds. The maximum Gasteiger partial charge on any atom is 0.332 e. The zero-order valence-electron chi connectivity index (χ0n) is 19.8. The minimum Gasteiger partial charge on any atom is -0.495 e. The standard InChI is InChI=1S/C25H25N3O5S2/c1-15(2)20-11-18(28-9-8-23(29)26-25(28)30)12-21(24(20)33-4)16-6-7-19-17(14-34-22(19)10-16)13-27(3)35(5,31)32/h6-12,14H,1,13H2,2-5H3,(H,26,29,30). The lowest BCUT2D eigenvalue weighted by Crippen LogP contribution is -2.27. The summed E-state index contributed by atoms with van der Waals surface area (Å²) in [7, 11) is -0.155. The van der Waals surface area contributed by atoms with Crippen molar-refractivity contribution < 1.29 is 13.2 Å². The van der Waals surface area contributed by atoms with E-state index in [1.165, 1.54) is 38.7 Å². The van der Waals surface area contributed by atoms with Crippen molar-refractivity contribution >= 4 is 37.0 Å². The Hall–Kier alpha value is -3.47. The summed E-state index contributed by atoms with van der Waals surface area (Å²) in [5.41, 5.74) is 3.57. The quantitative estimate of drug-likeness (QED) is 0.406. The lowest BCUT2D eigenvalue weighted by Gasteiger charge is -2.17. The second-order valence-electron chi connectivity index (χ2n) is 8.33. The number of benzene rings is 2. The Morgan fingerprint density at radius 2 is 1.94 bits per heavy atom. The minimum atomic E-state index is -3.29. The Balaban J connectivity index is 1.89. The average molecular weight is 512 g/mol. The van der Waals surface area contributed by atoms with Crippen molar-refractivity contribution in [1.82, 2.24) is 13.9 Å². The number of allylic oxidation sites excluding steroid dienone is 1. The number of aromatic nitrogens is 2. The molecule has 8 nitrogen and oxygen atoms in total. The van der Waals surface area contributed by atoms with Gasteiger partial charge in [-0.25, -0.2) is 17.5 Å². The largest absolute Gasteiger partial charge is 0.495 e. The summed E-state index contributed by atoms with van der Waals surface area (Å²) in [6, 6.07) is 10.8. The number of rotatable bonds is 7. The van der Waals surface area contributed by atoms with Crippen LogP contribution in [0.25, 0.3) is 32.5 Å². The van der Waals surface area contributed by atoms with Crippen LogP contribution in [0.1, 0.15) is 18.1 Å². The third kappa shape index (κ3) is 4.86. The van der Waals surface area contributed by atoms with Crippen LogP contribution in [0.3, 0.4) is 0 Å². The maximum atomic E-state index is 12.5. The monoisotopic (exact) mass is 511 g/mol. The van der Waals surface area contributed by atoms with Crippen LogP contribution in [0.2, 0.25) is 0 Å². The fourth-order valence-electron chi connectivity index (χ4n) is 3.85. The van der Waals surface area contributed by atoms with E-state index >= 15 is 0 Å². The average Bonchev–Trinajstić information content (AvgIpc) is 3.19. The lowest BCUT2D eigenvalue weighted by molar-refractivity contribution is 0.415. The van der Waals surface area contributed by atoms with Crippen molar-refractivity contribution in [2.45, 2.75) is 13.5 Å². The Morgan fingerprint density at radius 1 is 1.20 bits per heavy atom. The van der Waals surface area contributed by atoms with Gasteiger partial charge in [0.05, 0.1) is 19.1 Å². The molecule has 4 rings (SSSR count).